The maximum atomic E-state index is 13.0. The zero-order valence-electron chi connectivity index (χ0n) is 10.0. The first-order valence-electron chi connectivity index (χ1n) is 5.37. The number of nitrogens with two attached hydrogens (primary N) is 1. The molecule has 2 aromatic rings. The van der Waals surface area contributed by atoms with E-state index in [2.05, 4.69) is 9.71 Å². The molecule has 102 valence electrons. The molecule has 0 fully saturated rings. The molecular weight excluding hydrogens is 283 g/mol. The van der Waals surface area contributed by atoms with E-state index < -0.39 is 15.8 Å². The number of rotatable bonds is 3. The van der Waals surface area contributed by atoms with E-state index in [4.69, 9.17) is 11.0 Å². The van der Waals surface area contributed by atoms with E-state index in [0.717, 1.165) is 18.2 Å². The van der Waals surface area contributed by atoms with Gasteiger partial charge >= 0.3 is 0 Å². The number of hydrogen-bond donors (Lipinski definition) is 2. The molecule has 1 aromatic carbocycles. The summed E-state index contributed by atoms with van der Waals surface area (Å²) in [7, 11) is -4.00. The molecule has 0 amide bonds. The van der Waals surface area contributed by atoms with Crippen LogP contribution in [0, 0.1) is 17.1 Å². The molecule has 1 heterocycles. The lowest BCUT2D eigenvalue weighted by Gasteiger charge is -2.10. The molecule has 0 aliphatic rings. The van der Waals surface area contributed by atoms with E-state index in [-0.39, 0.29) is 22.0 Å². The monoisotopic (exact) mass is 292 g/mol. The van der Waals surface area contributed by atoms with Crippen molar-refractivity contribution in [3.8, 4) is 6.07 Å². The first kappa shape index (κ1) is 13.8. The number of nitrogens with zero attached hydrogens (tertiary/aromatic N) is 2. The molecule has 0 saturated carbocycles. The highest BCUT2D eigenvalue weighted by Gasteiger charge is 2.19. The SMILES string of the molecule is N#Cc1cc(F)ccc1NS(=O)(=O)c1cccnc1N. The molecule has 0 saturated heterocycles. The van der Waals surface area contributed by atoms with Gasteiger partial charge in [0.2, 0.25) is 0 Å². The van der Waals surface area contributed by atoms with Crippen molar-refractivity contribution in [3.63, 3.8) is 0 Å². The Bertz CT molecular complexity index is 799. The molecular formula is C12H9FN4O2S. The van der Waals surface area contributed by atoms with Gasteiger partial charge in [0.1, 0.15) is 22.6 Å². The normalized spacial score (nSPS) is 10.8. The minimum absolute atomic E-state index is 0.0304. The minimum atomic E-state index is -4.00. The van der Waals surface area contributed by atoms with E-state index in [9.17, 15) is 12.8 Å². The fourth-order valence-electron chi connectivity index (χ4n) is 1.53. The van der Waals surface area contributed by atoms with E-state index in [1.54, 1.807) is 6.07 Å². The van der Waals surface area contributed by atoms with Crippen LogP contribution in [0.25, 0.3) is 0 Å². The lowest BCUT2D eigenvalue weighted by Crippen LogP contribution is -2.16. The number of hydrogen-bond acceptors (Lipinski definition) is 5. The van der Waals surface area contributed by atoms with Crippen LogP contribution in [0.5, 0.6) is 0 Å². The Labute approximate surface area is 114 Å². The number of anilines is 2. The molecule has 0 atom stereocenters. The van der Waals surface area contributed by atoms with Crippen LogP contribution in [-0.4, -0.2) is 13.4 Å². The van der Waals surface area contributed by atoms with Gasteiger partial charge in [-0.1, -0.05) is 0 Å². The van der Waals surface area contributed by atoms with E-state index in [1.807, 2.05) is 0 Å². The molecule has 0 radical (unpaired) electrons. The molecule has 0 aliphatic carbocycles. The summed E-state index contributed by atoms with van der Waals surface area (Å²) in [6, 6.07) is 7.55. The molecule has 0 aliphatic heterocycles. The number of sulfonamides is 1. The number of halogens is 1. The van der Waals surface area contributed by atoms with E-state index in [0.29, 0.717) is 0 Å². The van der Waals surface area contributed by atoms with Crippen molar-refractivity contribution >= 4 is 21.5 Å². The van der Waals surface area contributed by atoms with Gasteiger partial charge in [0.05, 0.1) is 11.3 Å². The topological polar surface area (TPSA) is 109 Å². The van der Waals surface area contributed by atoms with Gasteiger partial charge in [-0.25, -0.2) is 17.8 Å². The Balaban J connectivity index is 2.45. The largest absolute Gasteiger partial charge is 0.383 e. The zero-order chi connectivity index (χ0) is 14.8. The molecule has 20 heavy (non-hydrogen) atoms. The molecule has 0 unspecified atom stereocenters. The number of benzene rings is 1. The first-order valence-corrected chi connectivity index (χ1v) is 6.85. The van der Waals surface area contributed by atoms with Crippen molar-refractivity contribution < 1.29 is 12.8 Å². The fourth-order valence-corrected chi connectivity index (χ4v) is 2.69. The fraction of sp³-hybridized carbons (Fsp3) is 0. The maximum Gasteiger partial charge on any atom is 0.265 e. The number of nitriles is 1. The molecule has 0 bridgehead atoms. The summed E-state index contributed by atoms with van der Waals surface area (Å²) >= 11 is 0. The van der Waals surface area contributed by atoms with Gasteiger partial charge in [-0.2, -0.15) is 5.26 Å². The van der Waals surface area contributed by atoms with Crippen LogP contribution in [0.1, 0.15) is 5.56 Å². The van der Waals surface area contributed by atoms with Crippen molar-refractivity contribution in [2.75, 3.05) is 10.5 Å². The standard InChI is InChI=1S/C12H9FN4O2S/c13-9-3-4-10(8(6-9)7-14)17-20(18,19)11-2-1-5-16-12(11)15/h1-6,17H,(H2,15,16). The number of nitrogen functional groups attached to an aromatic ring is 1. The van der Waals surface area contributed by atoms with Gasteiger partial charge in [0, 0.05) is 6.20 Å². The zero-order valence-corrected chi connectivity index (χ0v) is 10.9. The van der Waals surface area contributed by atoms with Crippen molar-refractivity contribution in [3.05, 3.63) is 47.9 Å². The average molecular weight is 292 g/mol. The molecule has 1 aromatic heterocycles. The minimum Gasteiger partial charge on any atom is -0.383 e. The Morgan fingerprint density at radius 2 is 2.10 bits per heavy atom. The molecule has 6 nitrogen and oxygen atoms in total. The van der Waals surface area contributed by atoms with Crippen LogP contribution < -0.4 is 10.5 Å². The molecule has 3 N–H and O–H groups in total. The third kappa shape index (κ3) is 2.67. The highest BCUT2D eigenvalue weighted by Crippen LogP contribution is 2.22. The number of pyridine rings is 1. The summed E-state index contributed by atoms with van der Waals surface area (Å²) in [6.45, 7) is 0. The predicted molar refractivity (Wildman–Crippen MR) is 70.6 cm³/mol. The molecule has 2 rings (SSSR count). The van der Waals surface area contributed by atoms with Crippen LogP contribution in [0.3, 0.4) is 0 Å². The smallest absolute Gasteiger partial charge is 0.265 e. The Kier molecular flexibility index (Phi) is 3.54. The van der Waals surface area contributed by atoms with Gasteiger partial charge in [-0.15, -0.1) is 0 Å². The van der Waals surface area contributed by atoms with Crippen molar-refractivity contribution in [1.29, 1.82) is 5.26 Å². The second-order valence-electron chi connectivity index (χ2n) is 3.79. The third-order valence-electron chi connectivity index (χ3n) is 2.44. The Hall–Kier alpha value is -2.66. The predicted octanol–water partition coefficient (Wildman–Crippen LogP) is 1.48. The summed E-state index contributed by atoms with van der Waals surface area (Å²) in [6.07, 6.45) is 1.35. The van der Waals surface area contributed by atoms with Gasteiger partial charge in [0.25, 0.3) is 10.0 Å². The summed E-state index contributed by atoms with van der Waals surface area (Å²) in [4.78, 5) is 3.46. The van der Waals surface area contributed by atoms with Crippen LogP contribution in [0.15, 0.2) is 41.4 Å². The van der Waals surface area contributed by atoms with Crippen molar-refractivity contribution in [2.24, 2.45) is 0 Å². The summed E-state index contributed by atoms with van der Waals surface area (Å²) in [5.41, 5.74) is 5.34. The summed E-state index contributed by atoms with van der Waals surface area (Å²) in [5.74, 6) is -0.800. The number of nitrogens with one attached hydrogen (secondary N) is 1. The van der Waals surface area contributed by atoms with Gasteiger partial charge in [-0.3, -0.25) is 4.72 Å². The lowest BCUT2D eigenvalue weighted by molar-refractivity contribution is 0.601. The molecule has 0 spiro atoms. The van der Waals surface area contributed by atoms with Gasteiger partial charge in [-0.05, 0) is 30.3 Å². The molecule has 8 heteroatoms. The van der Waals surface area contributed by atoms with Crippen LogP contribution in [-0.2, 0) is 10.0 Å². The average Bonchev–Trinajstić information content (AvgIpc) is 2.41. The third-order valence-corrected chi connectivity index (χ3v) is 3.85. The highest BCUT2D eigenvalue weighted by molar-refractivity contribution is 7.92. The Morgan fingerprint density at radius 3 is 2.75 bits per heavy atom. The van der Waals surface area contributed by atoms with Crippen LogP contribution >= 0.6 is 0 Å². The Morgan fingerprint density at radius 1 is 1.35 bits per heavy atom. The van der Waals surface area contributed by atoms with Crippen molar-refractivity contribution in [1.82, 2.24) is 4.98 Å². The highest BCUT2D eigenvalue weighted by atomic mass is 32.2. The first-order chi connectivity index (χ1) is 9.44. The van der Waals surface area contributed by atoms with Gasteiger partial charge < -0.3 is 5.73 Å². The lowest BCUT2D eigenvalue weighted by atomic mass is 10.2. The summed E-state index contributed by atoms with van der Waals surface area (Å²) < 4.78 is 39.5. The van der Waals surface area contributed by atoms with Gasteiger partial charge in [0.15, 0.2) is 0 Å². The van der Waals surface area contributed by atoms with E-state index in [1.165, 1.54) is 18.3 Å². The second kappa shape index (κ2) is 5.14. The van der Waals surface area contributed by atoms with E-state index >= 15 is 0 Å². The van der Waals surface area contributed by atoms with Crippen LogP contribution in [0.4, 0.5) is 15.9 Å². The quantitative estimate of drug-likeness (QED) is 0.890. The van der Waals surface area contributed by atoms with Crippen LogP contribution in [0.2, 0.25) is 0 Å². The number of aromatic nitrogens is 1. The summed E-state index contributed by atoms with van der Waals surface area (Å²) in [5, 5.41) is 8.88. The van der Waals surface area contributed by atoms with Crippen molar-refractivity contribution in [2.45, 2.75) is 4.90 Å². The maximum absolute atomic E-state index is 13.0. The second-order valence-corrected chi connectivity index (χ2v) is 5.44.